The normalized spacial score (nSPS) is 29.7. The quantitative estimate of drug-likeness (QED) is 0.764. The van der Waals surface area contributed by atoms with Gasteiger partial charge in [0.15, 0.2) is 0 Å². The molecule has 0 aromatic heterocycles. The molecule has 3 heteroatoms. The average Bonchev–Trinajstić information content (AvgIpc) is 2.61. The lowest BCUT2D eigenvalue weighted by Gasteiger charge is -2.14. The van der Waals surface area contributed by atoms with Gasteiger partial charge >= 0.3 is 0 Å². The van der Waals surface area contributed by atoms with Crippen molar-refractivity contribution in [3.63, 3.8) is 0 Å². The minimum Gasteiger partial charge on any atom is -0.314 e. The van der Waals surface area contributed by atoms with E-state index in [0.717, 1.165) is 19.4 Å². The summed E-state index contributed by atoms with van der Waals surface area (Å²) in [7, 11) is -0.613. The lowest BCUT2D eigenvalue weighted by molar-refractivity contribution is 0.523. The van der Waals surface area contributed by atoms with E-state index in [-0.39, 0.29) is 0 Å². The van der Waals surface area contributed by atoms with E-state index >= 15 is 0 Å². The molecule has 0 heterocycles. The van der Waals surface area contributed by atoms with E-state index in [2.05, 4.69) is 26.1 Å². The lowest BCUT2D eigenvalue weighted by Crippen LogP contribution is -2.29. The second-order valence-corrected chi connectivity index (χ2v) is 6.73. The van der Waals surface area contributed by atoms with Crippen molar-refractivity contribution in [1.82, 2.24) is 5.32 Å². The van der Waals surface area contributed by atoms with E-state index in [0.29, 0.717) is 16.5 Å². The van der Waals surface area contributed by atoms with Gasteiger partial charge < -0.3 is 5.32 Å². The Labute approximate surface area is 90.3 Å². The van der Waals surface area contributed by atoms with Gasteiger partial charge in [0.05, 0.1) is 0 Å². The van der Waals surface area contributed by atoms with Crippen LogP contribution in [0.1, 0.15) is 46.5 Å². The van der Waals surface area contributed by atoms with Gasteiger partial charge in [0.25, 0.3) is 0 Å². The number of hydrogen-bond acceptors (Lipinski definition) is 2. The molecule has 2 nitrogen and oxygen atoms in total. The molecule has 3 atom stereocenters. The summed E-state index contributed by atoms with van der Waals surface area (Å²) in [6.45, 7) is 7.41. The van der Waals surface area contributed by atoms with Crippen LogP contribution in [0, 0.1) is 0 Å². The largest absolute Gasteiger partial charge is 0.314 e. The topological polar surface area (TPSA) is 29.1 Å². The van der Waals surface area contributed by atoms with Crippen molar-refractivity contribution < 1.29 is 4.21 Å². The highest BCUT2D eigenvalue weighted by Crippen LogP contribution is 2.25. The second kappa shape index (κ2) is 5.86. The standard InChI is InChI=1S/C11H23NOS/c1-4-7-12-10-5-6-11(8-10)14(13)9(2)3/h9-12H,4-8H2,1-3H3. The van der Waals surface area contributed by atoms with Gasteiger partial charge in [0.2, 0.25) is 0 Å². The Kier molecular flexibility index (Phi) is 5.10. The zero-order valence-corrected chi connectivity index (χ0v) is 10.4. The van der Waals surface area contributed by atoms with Crippen LogP contribution in [0.5, 0.6) is 0 Å². The number of nitrogens with one attached hydrogen (secondary N) is 1. The molecule has 1 rings (SSSR count). The zero-order chi connectivity index (χ0) is 10.6. The maximum atomic E-state index is 11.8. The Bertz CT molecular complexity index is 194. The molecule has 3 unspecified atom stereocenters. The molecule has 1 aliphatic carbocycles. The SMILES string of the molecule is CCCNC1CCC(S(=O)C(C)C)C1. The third-order valence-corrected chi connectivity index (χ3v) is 4.88. The van der Waals surface area contributed by atoms with Crippen LogP contribution in [0.2, 0.25) is 0 Å². The van der Waals surface area contributed by atoms with Crippen molar-refractivity contribution in [2.75, 3.05) is 6.54 Å². The second-order valence-electron chi connectivity index (χ2n) is 4.46. The van der Waals surface area contributed by atoms with Crippen LogP contribution in [0.25, 0.3) is 0 Å². The van der Waals surface area contributed by atoms with Crippen molar-refractivity contribution in [2.24, 2.45) is 0 Å². The molecule has 0 radical (unpaired) electrons. The molecule has 0 aliphatic heterocycles. The molecule has 1 fully saturated rings. The van der Waals surface area contributed by atoms with Crippen LogP contribution in [-0.4, -0.2) is 27.3 Å². The highest BCUT2D eigenvalue weighted by molar-refractivity contribution is 7.86. The molecule has 0 amide bonds. The van der Waals surface area contributed by atoms with Crippen LogP contribution in [0.15, 0.2) is 0 Å². The first-order chi connectivity index (χ1) is 6.65. The number of rotatable bonds is 5. The Morgan fingerprint density at radius 3 is 2.71 bits per heavy atom. The molecule has 1 saturated carbocycles. The Balaban J connectivity index is 2.30. The molecule has 1 N–H and O–H groups in total. The monoisotopic (exact) mass is 217 g/mol. The molecule has 0 spiro atoms. The van der Waals surface area contributed by atoms with Gasteiger partial charge in [0.1, 0.15) is 0 Å². The fourth-order valence-electron chi connectivity index (χ4n) is 2.07. The summed E-state index contributed by atoms with van der Waals surface area (Å²) in [5, 5.41) is 4.29. The van der Waals surface area contributed by atoms with Gasteiger partial charge in [-0.2, -0.15) is 0 Å². The van der Waals surface area contributed by atoms with E-state index in [1.807, 2.05) is 0 Å². The Morgan fingerprint density at radius 1 is 1.43 bits per heavy atom. The van der Waals surface area contributed by atoms with E-state index < -0.39 is 10.8 Å². The first-order valence-electron chi connectivity index (χ1n) is 5.78. The van der Waals surface area contributed by atoms with Crippen molar-refractivity contribution in [1.29, 1.82) is 0 Å². The smallest absolute Gasteiger partial charge is 0.0366 e. The van der Waals surface area contributed by atoms with E-state index in [4.69, 9.17) is 0 Å². The maximum absolute atomic E-state index is 11.8. The zero-order valence-electron chi connectivity index (χ0n) is 9.58. The fourth-order valence-corrected chi connectivity index (χ4v) is 3.63. The molecule has 0 aromatic rings. The van der Waals surface area contributed by atoms with Gasteiger partial charge in [-0.25, -0.2) is 0 Å². The summed E-state index contributed by atoms with van der Waals surface area (Å²) < 4.78 is 11.8. The summed E-state index contributed by atoms with van der Waals surface area (Å²) >= 11 is 0. The molecular weight excluding hydrogens is 194 g/mol. The predicted molar refractivity (Wildman–Crippen MR) is 63.0 cm³/mol. The molecule has 0 aromatic carbocycles. The summed E-state index contributed by atoms with van der Waals surface area (Å²) in [6, 6.07) is 0.627. The average molecular weight is 217 g/mol. The Hall–Kier alpha value is 0.110. The van der Waals surface area contributed by atoms with Gasteiger partial charge in [-0.3, -0.25) is 4.21 Å². The van der Waals surface area contributed by atoms with Crippen molar-refractivity contribution in [3.05, 3.63) is 0 Å². The summed E-state index contributed by atoms with van der Waals surface area (Å²) in [4.78, 5) is 0. The van der Waals surface area contributed by atoms with Crippen LogP contribution < -0.4 is 5.32 Å². The maximum Gasteiger partial charge on any atom is 0.0366 e. The van der Waals surface area contributed by atoms with Crippen molar-refractivity contribution in [2.45, 2.75) is 63.0 Å². The Morgan fingerprint density at radius 2 is 2.14 bits per heavy atom. The van der Waals surface area contributed by atoms with E-state index in [9.17, 15) is 4.21 Å². The molecular formula is C11H23NOS. The van der Waals surface area contributed by atoms with E-state index in [1.165, 1.54) is 12.8 Å². The van der Waals surface area contributed by atoms with Gasteiger partial charge in [-0.05, 0) is 32.2 Å². The van der Waals surface area contributed by atoms with Gasteiger partial charge in [-0.1, -0.05) is 20.8 Å². The molecule has 84 valence electrons. The number of hydrogen-bond donors (Lipinski definition) is 1. The molecule has 0 bridgehead atoms. The highest BCUT2D eigenvalue weighted by atomic mass is 32.2. The van der Waals surface area contributed by atoms with Crippen molar-refractivity contribution >= 4 is 10.8 Å². The first kappa shape index (κ1) is 12.2. The first-order valence-corrected chi connectivity index (χ1v) is 7.05. The van der Waals surface area contributed by atoms with Crippen molar-refractivity contribution in [3.8, 4) is 0 Å². The predicted octanol–water partition coefficient (Wildman–Crippen LogP) is 2.06. The van der Waals surface area contributed by atoms with Crippen LogP contribution in [0.4, 0.5) is 0 Å². The van der Waals surface area contributed by atoms with Crippen LogP contribution >= 0.6 is 0 Å². The minimum atomic E-state index is -0.613. The van der Waals surface area contributed by atoms with Gasteiger partial charge in [0, 0.05) is 27.3 Å². The fraction of sp³-hybridized carbons (Fsp3) is 1.00. The minimum absolute atomic E-state index is 0.324. The molecule has 14 heavy (non-hydrogen) atoms. The van der Waals surface area contributed by atoms with Crippen LogP contribution in [0.3, 0.4) is 0 Å². The molecule has 0 saturated heterocycles. The lowest BCUT2D eigenvalue weighted by atomic mass is 10.2. The summed E-state index contributed by atoms with van der Waals surface area (Å²) in [5.41, 5.74) is 0. The van der Waals surface area contributed by atoms with Gasteiger partial charge in [-0.15, -0.1) is 0 Å². The third kappa shape index (κ3) is 3.35. The summed E-state index contributed by atoms with van der Waals surface area (Å²) in [5.74, 6) is 0. The van der Waals surface area contributed by atoms with E-state index in [1.54, 1.807) is 0 Å². The highest BCUT2D eigenvalue weighted by Gasteiger charge is 2.29. The molecule has 1 aliphatic rings. The van der Waals surface area contributed by atoms with Crippen LogP contribution in [-0.2, 0) is 10.8 Å². The third-order valence-electron chi connectivity index (χ3n) is 2.86. The summed E-state index contributed by atoms with van der Waals surface area (Å²) in [6.07, 6.45) is 4.66.